The van der Waals surface area contributed by atoms with E-state index in [4.69, 9.17) is 5.73 Å². The van der Waals surface area contributed by atoms with Crippen LogP contribution in [0.5, 0.6) is 0 Å². The second-order valence-corrected chi connectivity index (χ2v) is 6.88. The molecule has 23 heavy (non-hydrogen) atoms. The Kier molecular flexibility index (Phi) is 5.36. The molecule has 0 bridgehead atoms. The minimum atomic E-state index is 0.109. The van der Waals surface area contributed by atoms with Gasteiger partial charge in [0.15, 0.2) is 0 Å². The Morgan fingerprint density at radius 2 is 1.87 bits per heavy atom. The summed E-state index contributed by atoms with van der Waals surface area (Å²) in [5, 5.41) is 0. The maximum Gasteiger partial charge on any atom is 0.254 e. The summed E-state index contributed by atoms with van der Waals surface area (Å²) < 4.78 is 0. The van der Waals surface area contributed by atoms with Crippen molar-refractivity contribution in [2.75, 3.05) is 13.1 Å². The summed E-state index contributed by atoms with van der Waals surface area (Å²) in [6.45, 7) is 1.38. The molecule has 4 heteroatoms. The summed E-state index contributed by atoms with van der Waals surface area (Å²) >= 11 is 1.79. The van der Waals surface area contributed by atoms with Crippen molar-refractivity contribution in [3.05, 3.63) is 65.7 Å². The van der Waals surface area contributed by atoms with Crippen molar-refractivity contribution in [3.8, 4) is 0 Å². The zero-order chi connectivity index (χ0) is 16.1. The monoisotopic (exact) mass is 326 g/mol. The fourth-order valence-corrected chi connectivity index (χ4v) is 3.80. The first-order valence-corrected chi connectivity index (χ1v) is 9.04. The maximum absolute atomic E-state index is 12.6. The fourth-order valence-electron chi connectivity index (χ4n) is 2.95. The Hall–Kier alpha value is -1.78. The number of rotatable bonds is 5. The molecule has 3 nitrogen and oxygen atoms in total. The van der Waals surface area contributed by atoms with Gasteiger partial charge >= 0.3 is 0 Å². The third-order valence-corrected chi connectivity index (χ3v) is 5.34. The van der Waals surface area contributed by atoms with E-state index in [9.17, 15) is 4.79 Å². The van der Waals surface area contributed by atoms with E-state index in [0.29, 0.717) is 6.54 Å². The van der Waals surface area contributed by atoms with E-state index >= 15 is 0 Å². The minimum absolute atomic E-state index is 0.109. The summed E-state index contributed by atoms with van der Waals surface area (Å²) in [6.07, 6.45) is 2.08. The van der Waals surface area contributed by atoms with Crippen molar-refractivity contribution in [2.24, 2.45) is 5.73 Å². The number of carbonyl (C=O) groups excluding carboxylic acids is 1. The summed E-state index contributed by atoms with van der Waals surface area (Å²) in [6, 6.07) is 18.5. The van der Waals surface area contributed by atoms with E-state index in [1.54, 1.807) is 11.8 Å². The Bertz CT molecular complexity index is 642. The molecule has 1 aliphatic heterocycles. The molecule has 1 atom stereocenters. The lowest BCUT2D eigenvalue weighted by Gasteiger charge is -2.23. The zero-order valence-corrected chi connectivity index (χ0v) is 14.0. The Labute approximate surface area is 141 Å². The molecular weight excluding hydrogens is 304 g/mol. The molecular formula is C19H22N2OS. The number of carbonyl (C=O) groups is 1. The molecule has 2 aromatic carbocycles. The van der Waals surface area contributed by atoms with Crippen LogP contribution in [0.2, 0.25) is 0 Å². The summed E-state index contributed by atoms with van der Waals surface area (Å²) in [5.74, 6) is 1.05. The van der Waals surface area contributed by atoms with Crippen molar-refractivity contribution in [1.82, 2.24) is 4.90 Å². The van der Waals surface area contributed by atoms with Gasteiger partial charge < -0.3 is 10.6 Å². The topological polar surface area (TPSA) is 46.3 Å². The van der Waals surface area contributed by atoms with Crippen LogP contribution in [-0.2, 0) is 5.75 Å². The van der Waals surface area contributed by atoms with Crippen LogP contribution in [0.4, 0.5) is 0 Å². The molecule has 2 N–H and O–H groups in total. The lowest BCUT2D eigenvalue weighted by molar-refractivity contribution is 0.0741. The number of amides is 1. The van der Waals surface area contributed by atoms with Crippen LogP contribution >= 0.6 is 11.8 Å². The molecule has 1 saturated heterocycles. The van der Waals surface area contributed by atoms with Crippen LogP contribution in [0.3, 0.4) is 0 Å². The molecule has 0 radical (unpaired) electrons. The van der Waals surface area contributed by atoms with Gasteiger partial charge in [0.1, 0.15) is 0 Å². The largest absolute Gasteiger partial charge is 0.334 e. The SMILES string of the molecule is NCC1CCCN1C(=O)c1ccc(SCc2ccccc2)cc1. The Morgan fingerprint density at radius 1 is 1.13 bits per heavy atom. The van der Waals surface area contributed by atoms with Gasteiger partial charge in [0.05, 0.1) is 0 Å². The van der Waals surface area contributed by atoms with Crippen molar-refractivity contribution >= 4 is 17.7 Å². The highest BCUT2D eigenvalue weighted by Crippen LogP contribution is 2.24. The summed E-state index contributed by atoms with van der Waals surface area (Å²) in [5.41, 5.74) is 7.83. The van der Waals surface area contributed by atoms with Crippen LogP contribution in [0.25, 0.3) is 0 Å². The quantitative estimate of drug-likeness (QED) is 0.855. The molecule has 1 fully saturated rings. The third-order valence-electron chi connectivity index (χ3n) is 4.26. The van der Waals surface area contributed by atoms with Crippen molar-refractivity contribution < 1.29 is 4.79 Å². The van der Waals surface area contributed by atoms with Gasteiger partial charge in [-0.25, -0.2) is 0 Å². The molecule has 3 rings (SSSR count). The first kappa shape index (κ1) is 16.1. The predicted octanol–water partition coefficient (Wildman–Crippen LogP) is 3.54. The number of benzene rings is 2. The number of nitrogens with two attached hydrogens (primary N) is 1. The summed E-state index contributed by atoms with van der Waals surface area (Å²) in [4.78, 5) is 15.7. The average molecular weight is 326 g/mol. The number of thioether (sulfide) groups is 1. The second kappa shape index (κ2) is 7.66. The molecule has 2 aromatic rings. The van der Waals surface area contributed by atoms with Crippen molar-refractivity contribution in [2.45, 2.75) is 29.5 Å². The lowest BCUT2D eigenvalue weighted by atomic mass is 10.1. The second-order valence-electron chi connectivity index (χ2n) is 5.83. The zero-order valence-electron chi connectivity index (χ0n) is 13.2. The Morgan fingerprint density at radius 3 is 2.57 bits per heavy atom. The Balaban J connectivity index is 1.61. The molecule has 0 aromatic heterocycles. The normalized spacial score (nSPS) is 17.4. The van der Waals surface area contributed by atoms with Gasteiger partial charge in [-0.3, -0.25) is 4.79 Å². The van der Waals surface area contributed by atoms with E-state index in [2.05, 4.69) is 24.3 Å². The standard InChI is InChI=1S/C19H22N2OS/c20-13-17-7-4-12-21(17)19(22)16-8-10-18(11-9-16)23-14-15-5-2-1-3-6-15/h1-3,5-6,8-11,17H,4,7,12-14,20H2. The van der Waals surface area contributed by atoms with Gasteiger partial charge in [-0.2, -0.15) is 0 Å². The van der Waals surface area contributed by atoms with Crippen molar-refractivity contribution in [3.63, 3.8) is 0 Å². The minimum Gasteiger partial charge on any atom is -0.334 e. The lowest BCUT2D eigenvalue weighted by Crippen LogP contribution is -2.39. The van der Waals surface area contributed by atoms with Crippen molar-refractivity contribution in [1.29, 1.82) is 0 Å². The first-order valence-electron chi connectivity index (χ1n) is 8.06. The van der Waals surface area contributed by atoms with Crippen LogP contribution in [0, 0.1) is 0 Å². The van der Waals surface area contributed by atoms with E-state index in [-0.39, 0.29) is 11.9 Å². The molecule has 1 aliphatic rings. The van der Waals surface area contributed by atoms with E-state index in [1.807, 2.05) is 35.2 Å². The van der Waals surface area contributed by atoms with Crippen LogP contribution in [-0.4, -0.2) is 29.9 Å². The molecule has 120 valence electrons. The third kappa shape index (κ3) is 3.95. The highest BCUT2D eigenvalue weighted by molar-refractivity contribution is 7.98. The van der Waals surface area contributed by atoms with Crippen LogP contribution < -0.4 is 5.73 Å². The molecule has 1 heterocycles. The number of nitrogens with zero attached hydrogens (tertiary/aromatic N) is 1. The van der Waals surface area contributed by atoms with E-state index in [0.717, 1.165) is 30.7 Å². The number of hydrogen-bond donors (Lipinski definition) is 1. The number of hydrogen-bond acceptors (Lipinski definition) is 3. The predicted molar refractivity (Wildman–Crippen MR) is 95.6 cm³/mol. The van der Waals surface area contributed by atoms with Gasteiger partial charge in [0, 0.05) is 35.3 Å². The molecule has 0 aliphatic carbocycles. The molecule has 1 unspecified atom stereocenters. The highest BCUT2D eigenvalue weighted by Gasteiger charge is 2.28. The first-order chi connectivity index (χ1) is 11.3. The van der Waals surface area contributed by atoms with Gasteiger partial charge in [-0.1, -0.05) is 30.3 Å². The van der Waals surface area contributed by atoms with Crippen LogP contribution in [0.15, 0.2) is 59.5 Å². The van der Waals surface area contributed by atoms with E-state index in [1.165, 1.54) is 10.5 Å². The van der Waals surface area contributed by atoms with Gasteiger partial charge in [0.2, 0.25) is 0 Å². The summed E-state index contributed by atoms with van der Waals surface area (Å²) in [7, 11) is 0. The van der Waals surface area contributed by atoms with Gasteiger partial charge in [0.25, 0.3) is 5.91 Å². The average Bonchev–Trinajstić information content (AvgIpc) is 3.09. The van der Waals surface area contributed by atoms with Gasteiger partial charge in [-0.15, -0.1) is 11.8 Å². The fraction of sp³-hybridized carbons (Fsp3) is 0.316. The highest BCUT2D eigenvalue weighted by atomic mass is 32.2. The van der Waals surface area contributed by atoms with Gasteiger partial charge in [-0.05, 0) is 42.7 Å². The molecule has 0 saturated carbocycles. The molecule has 0 spiro atoms. The van der Waals surface area contributed by atoms with E-state index < -0.39 is 0 Å². The maximum atomic E-state index is 12.6. The number of likely N-dealkylation sites (tertiary alicyclic amines) is 1. The smallest absolute Gasteiger partial charge is 0.254 e. The van der Waals surface area contributed by atoms with Crippen LogP contribution in [0.1, 0.15) is 28.8 Å². The molecule has 1 amide bonds.